The van der Waals surface area contributed by atoms with E-state index in [1.165, 1.54) is 0 Å². The second kappa shape index (κ2) is 7.66. The average molecular weight is 272 g/mol. The van der Waals surface area contributed by atoms with Crippen LogP contribution in [-0.2, 0) is 28.7 Å². The molecule has 0 fully saturated rings. The quantitative estimate of drug-likeness (QED) is 0.485. The Morgan fingerprint density at radius 1 is 0.789 bits per heavy atom. The zero-order valence-electron chi connectivity index (χ0n) is 11.8. The van der Waals surface area contributed by atoms with E-state index in [1.54, 1.807) is 0 Å². The van der Waals surface area contributed by atoms with E-state index in [9.17, 15) is 19.2 Å². The van der Waals surface area contributed by atoms with E-state index in [1.807, 2.05) is 13.8 Å². The molecule has 0 N–H and O–H groups in total. The van der Waals surface area contributed by atoms with Crippen LogP contribution in [0.3, 0.4) is 0 Å². The van der Waals surface area contributed by atoms with Gasteiger partial charge in [-0.25, -0.2) is 9.59 Å². The number of esters is 2. The highest BCUT2D eigenvalue weighted by molar-refractivity contribution is 6.32. The second-order valence-corrected chi connectivity index (χ2v) is 4.47. The van der Waals surface area contributed by atoms with Gasteiger partial charge in [0.15, 0.2) is 0 Å². The lowest BCUT2D eigenvalue weighted by atomic mass is 9.84. The van der Waals surface area contributed by atoms with Crippen molar-refractivity contribution in [2.45, 2.75) is 40.5 Å². The van der Waals surface area contributed by atoms with Crippen LogP contribution in [-0.4, -0.2) is 36.7 Å². The fourth-order valence-electron chi connectivity index (χ4n) is 1.34. The Balaban J connectivity index is 4.58. The maximum absolute atomic E-state index is 11.1. The highest BCUT2D eigenvalue weighted by Gasteiger charge is 2.31. The SMILES string of the molecule is CCC(CC)(COC(=O)C(C)=O)COC(=O)C(C)=O. The van der Waals surface area contributed by atoms with E-state index in [-0.39, 0.29) is 13.2 Å². The number of carbonyl (C=O) groups is 4. The topological polar surface area (TPSA) is 86.7 Å². The van der Waals surface area contributed by atoms with E-state index in [0.717, 1.165) is 13.8 Å². The van der Waals surface area contributed by atoms with Crippen molar-refractivity contribution in [3.63, 3.8) is 0 Å². The van der Waals surface area contributed by atoms with Gasteiger partial charge < -0.3 is 9.47 Å². The molecular formula is C13H20O6. The number of carbonyl (C=O) groups excluding carboxylic acids is 4. The van der Waals surface area contributed by atoms with Gasteiger partial charge in [0.25, 0.3) is 0 Å². The van der Waals surface area contributed by atoms with Crippen LogP contribution in [0.5, 0.6) is 0 Å². The summed E-state index contributed by atoms with van der Waals surface area (Å²) in [6, 6.07) is 0. The van der Waals surface area contributed by atoms with Crippen molar-refractivity contribution in [1.29, 1.82) is 0 Å². The van der Waals surface area contributed by atoms with E-state index < -0.39 is 28.9 Å². The van der Waals surface area contributed by atoms with Crippen molar-refractivity contribution in [1.82, 2.24) is 0 Å². The van der Waals surface area contributed by atoms with Crippen LogP contribution in [0.25, 0.3) is 0 Å². The highest BCUT2D eigenvalue weighted by atomic mass is 16.6. The largest absolute Gasteiger partial charge is 0.459 e. The second-order valence-electron chi connectivity index (χ2n) is 4.47. The van der Waals surface area contributed by atoms with Crippen LogP contribution in [0.1, 0.15) is 40.5 Å². The summed E-state index contributed by atoms with van der Waals surface area (Å²) in [5, 5.41) is 0. The number of ether oxygens (including phenoxy) is 2. The van der Waals surface area contributed by atoms with Crippen molar-refractivity contribution in [2.24, 2.45) is 5.41 Å². The summed E-state index contributed by atoms with van der Waals surface area (Å²) in [5.74, 6) is -3.18. The standard InChI is InChI=1S/C13H20O6/c1-5-13(6-2,7-18-11(16)9(3)14)8-19-12(17)10(4)15/h5-8H2,1-4H3. The monoisotopic (exact) mass is 272 g/mol. The Morgan fingerprint density at radius 3 is 1.32 bits per heavy atom. The summed E-state index contributed by atoms with van der Waals surface area (Å²) >= 11 is 0. The van der Waals surface area contributed by atoms with E-state index in [4.69, 9.17) is 9.47 Å². The van der Waals surface area contributed by atoms with Gasteiger partial charge in [-0.1, -0.05) is 13.8 Å². The third-order valence-corrected chi connectivity index (χ3v) is 3.09. The normalized spacial score (nSPS) is 10.7. The lowest BCUT2D eigenvalue weighted by Crippen LogP contribution is -2.35. The molecule has 0 radical (unpaired) electrons. The molecule has 0 amide bonds. The predicted octanol–water partition coefficient (Wildman–Crippen LogP) is 1.06. The smallest absolute Gasteiger partial charge is 0.374 e. The number of ketones is 2. The first-order valence-corrected chi connectivity index (χ1v) is 6.13. The number of hydrogen-bond acceptors (Lipinski definition) is 6. The number of rotatable bonds is 8. The molecule has 0 aromatic rings. The molecule has 6 heteroatoms. The van der Waals surface area contributed by atoms with Gasteiger partial charge in [0, 0.05) is 19.3 Å². The number of hydrogen-bond donors (Lipinski definition) is 0. The minimum Gasteiger partial charge on any atom is -0.459 e. The molecule has 0 saturated carbocycles. The molecule has 0 spiro atoms. The summed E-state index contributed by atoms with van der Waals surface area (Å²) in [6.45, 7) is 5.90. The molecular weight excluding hydrogens is 252 g/mol. The molecule has 0 heterocycles. The summed E-state index contributed by atoms with van der Waals surface area (Å²) in [4.78, 5) is 43.8. The molecule has 0 bridgehead atoms. The van der Waals surface area contributed by atoms with Crippen molar-refractivity contribution < 1.29 is 28.7 Å². The van der Waals surface area contributed by atoms with Crippen molar-refractivity contribution >= 4 is 23.5 Å². The van der Waals surface area contributed by atoms with Crippen LogP contribution in [0, 0.1) is 5.41 Å². The lowest BCUT2D eigenvalue weighted by Gasteiger charge is -2.29. The Kier molecular flexibility index (Phi) is 6.96. The summed E-state index contributed by atoms with van der Waals surface area (Å²) < 4.78 is 9.76. The van der Waals surface area contributed by atoms with Gasteiger partial charge in [0.1, 0.15) is 13.2 Å². The molecule has 0 atom stereocenters. The van der Waals surface area contributed by atoms with Gasteiger partial charge in [0.2, 0.25) is 11.6 Å². The molecule has 0 aliphatic rings. The summed E-state index contributed by atoms with van der Waals surface area (Å²) in [7, 11) is 0. The van der Waals surface area contributed by atoms with Crippen LogP contribution in [0.4, 0.5) is 0 Å². The third-order valence-electron chi connectivity index (χ3n) is 3.09. The van der Waals surface area contributed by atoms with Gasteiger partial charge in [-0.2, -0.15) is 0 Å². The average Bonchev–Trinajstić information content (AvgIpc) is 2.38. The summed E-state index contributed by atoms with van der Waals surface area (Å²) in [5.41, 5.74) is -0.573. The maximum atomic E-state index is 11.1. The Labute approximate surface area is 112 Å². The fraction of sp³-hybridized carbons (Fsp3) is 0.692. The summed E-state index contributed by atoms with van der Waals surface area (Å²) in [6.07, 6.45) is 1.17. The van der Waals surface area contributed by atoms with Crippen LogP contribution >= 0.6 is 0 Å². The molecule has 0 saturated heterocycles. The Morgan fingerprint density at radius 2 is 1.11 bits per heavy atom. The van der Waals surface area contributed by atoms with Gasteiger partial charge in [-0.05, 0) is 12.8 Å². The Bertz CT molecular complexity index is 335. The minimum atomic E-state index is -0.913. The van der Waals surface area contributed by atoms with E-state index >= 15 is 0 Å². The molecule has 19 heavy (non-hydrogen) atoms. The maximum Gasteiger partial charge on any atom is 0.374 e. The van der Waals surface area contributed by atoms with Gasteiger partial charge in [0.05, 0.1) is 0 Å². The van der Waals surface area contributed by atoms with E-state index in [2.05, 4.69) is 0 Å². The minimum absolute atomic E-state index is 0.0242. The molecule has 0 aromatic heterocycles. The zero-order chi connectivity index (χ0) is 15.1. The molecule has 0 aliphatic carbocycles. The fourth-order valence-corrected chi connectivity index (χ4v) is 1.34. The van der Waals surface area contributed by atoms with Crippen LogP contribution in [0.15, 0.2) is 0 Å². The van der Waals surface area contributed by atoms with Gasteiger partial charge >= 0.3 is 11.9 Å². The van der Waals surface area contributed by atoms with Crippen molar-refractivity contribution in [3.05, 3.63) is 0 Å². The Hall–Kier alpha value is -1.72. The first-order valence-electron chi connectivity index (χ1n) is 6.13. The lowest BCUT2D eigenvalue weighted by molar-refractivity contribution is -0.161. The van der Waals surface area contributed by atoms with Crippen molar-refractivity contribution in [2.75, 3.05) is 13.2 Å². The molecule has 0 rings (SSSR count). The molecule has 0 unspecified atom stereocenters. The van der Waals surface area contributed by atoms with Crippen LogP contribution in [0.2, 0.25) is 0 Å². The first-order chi connectivity index (χ1) is 8.78. The first kappa shape index (κ1) is 17.3. The molecule has 108 valence electrons. The number of Topliss-reactive ketones (excluding diaryl/α,β-unsaturated/α-hetero) is 2. The zero-order valence-corrected chi connectivity index (χ0v) is 11.8. The third kappa shape index (κ3) is 5.63. The molecule has 0 aliphatic heterocycles. The molecule has 0 aromatic carbocycles. The highest BCUT2D eigenvalue weighted by Crippen LogP contribution is 2.27. The van der Waals surface area contributed by atoms with Gasteiger partial charge in [-0.3, -0.25) is 9.59 Å². The predicted molar refractivity (Wildman–Crippen MR) is 66.3 cm³/mol. The van der Waals surface area contributed by atoms with Crippen LogP contribution < -0.4 is 0 Å². The van der Waals surface area contributed by atoms with Crippen molar-refractivity contribution in [3.8, 4) is 0 Å². The van der Waals surface area contributed by atoms with Gasteiger partial charge in [-0.15, -0.1) is 0 Å². The van der Waals surface area contributed by atoms with E-state index in [0.29, 0.717) is 12.8 Å². The molecule has 6 nitrogen and oxygen atoms in total.